The fourth-order valence-electron chi connectivity index (χ4n) is 2.50. The molecule has 0 unspecified atom stereocenters. The topological polar surface area (TPSA) is 46.6 Å². The highest BCUT2D eigenvalue weighted by Gasteiger charge is 2.35. The van der Waals surface area contributed by atoms with Gasteiger partial charge in [0.15, 0.2) is 0 Å². The minimum Gasteiger partial charge on any atom is -0.487 e. The summed E-state index contributed by atoms with van der Waals surface area (Å²) in [4.78, 5) is 26.7. The van der Waals surface area contributed by atoms with Crippen molar-refractivity contribution < 1.29 is 14.3 Å². The maximum absolute atomic E-state index is 12.7. The van der Waals surface area contributed by atoms with Gasteiger partial charge in [0, 0.05) is 5.02 Å². The monoisotopic (exact) mass is 637 g/mol. The van der Waals surface area contributed by atoms with E-state index in [0.717, 1.165) is 35.8 Å². The molecule has 144 valence electrons. The van der Waals surface area contributed by atoms with E-state index < -0.39 is 0 Å². The number of ether oxygens (including phenoxy) is 1. The molecule has 0 N–H and O–H groups in total. The van der Waals surface area contributed by atoms with Crippen molar-refractivity contribution in [3.8, 4) is 5.75 Å². The van der Waals surface area contributed by atoms with Gasteiger partial charge < -0.3 is 4.74 Å². The normalized spacial score (nSPS) is 15.4. The van der Waals surface area contributed by atoms with Gasteiger partial charge in [0.25, 0.3) is 11.1 Å². The maximum Gasteiger partial charge on any atom is 0.293 e. The molecule has 0 radical (unpaired) electrons. The van der Waals surface area contributed by atoms with Gasteiger partial charge in [-0.2, -0.15) is 0 Å². The molecule has 8 heteroatoms. The van der Waals surface area contributed by atoms with E-state index in [1.165, 1.54) is 4.90 Å². The molecule has 0 spiro atoms. The van der Waals surface area contributed by atoms with Gasteiger partial charge in [0.2, 0.25) is 0 Å². The summed E-state index contributed by atoms with van der Waals surface area (Å²) < 4.78 is 7.53. The van der Waals surface area contributed by atoms with Crippen LogP contribution in [0.5, 0.6) is 5.75 Å². The summed E-state index contributed by atoms with van der Waals surface area (Å²) in [5, 5.41) is 0.337. The van der Waals surface area contributed by atoms with Crippen LogP contribution in [0.3, 0.4) is 0 Å². The summed E-state index contributed by atoms with van der Waals surface area (Å²) in [5.41, 5.74) is 1.69. The molecule has 0 bridgehead atoms. The number of carbonyl (C=O) groups is 2. The molecule has 0 saturated carbocycles. The number of benzene rings is 2. The van der Waals surface area contributed by atoms with Crippen LogP contribution < -0.4 is 4.74 Å². The predicted octanol–water partition coefficient (Wildman–Crippen LogP) is 6.35. The largest absolute Gasteiger partial charge is 0.487 e. The Hall–Kier alpha value is -1.04. The zero-order valence-corrected chi connectivity index (χ0v) is 20.3. The van der Waals surface area contributed by atoms with E-state index in [1.807, 2.05) is 24.3 Å². The molecule has 2 aromatic carbocycles. The molecule has 0 atom stereocenters. The Labute approximate surface area is 199 Å². The van der Waals surface area contributed by atoms with E-state index in [4.69, 9.17) is 16.3 Å². The van der Waals surface area contributed by atoms with Gasteiger partial charge in [0.05, 0.1) is 18.6 Å². The summed E-state index contributed by atoms with van der Waals surface area (Å²) >= 11 is 11.2. The first-order valence-corrected chi connectivity index (χ1v) is 11.5. The number of amides is 2. The summed E-state index contributed by atoms with van der Waals surface area (Å²) in [6.45, 7) is 4.31. The lowest BCUT2D eigenvalue weighted by Crippen LogP contribution is -2.27. The highest BCUT2D eigenvalue weighted by Crippen LogP contribution is 2.35. The number of nitrogens with zero attached hydrogens (tertiary/aromatic N) is 1. The predicted molar refractivity (Wildman–Crippen MR) is 131 cm³/mol. The van der Waals surface area contributed by atoms with Gasteiger partial charge in [-0.05, 0) is 98.4 Å². The number of imide groups is 1. The molecule has 0 aliphatic carbocycles. The second kappa shape index (κ2) is 9.64. The van der Waals surface area contributed by atoms with Gasteiger partial charge in [0.1, 0.15) is 12.4 Å². The first-order valence-electron chi connectivity index (χ1n) is 8.11. The van der Waals surface area contributed by atoms with Gasteiger partial charge in [-0.15, -0.1) is 0 Å². The van der Waals surface area contributed by atoms with Crippen LogP contribution in [0.4, 0.5) is 4.79 Å². The van der Waals surface area contributed by atoms with E-state index in [-0.39, 0.29) is 17.7 Å². The Bertz CT molecular complexity index is 953. The molecule has 1 fully saturated rings. The Morgan fingerprint density at radius 1 is 1.14 bits per heavy atom. The number of hydrogen-bond donors (Lipinski definition) is 0. The second-order valence-electron chi connectivity index (χ2n) is 5.81. The molecule has 3 rings (SSSR count). The quantitative estimate of drug-likeness (QED) is 0.211. The van der Waals surface area contributed by atoms with E-state index >= 15 is 0 Å². The lowest BCUT2D eigenvalue weighted by molar-refractivity contribution is -0.123. The van der Waals surface area contributed by atoms with E-state index in [1.54, 1.807) is 24.3 Å². The van der Waals surface area contributed by atoms with Crippen molar-refractivity contribution in [2.24, 2.45) is 0 Å². The fourth-order valence-corrected chi connectivity index (χ4v) is 5.60. The summed E-state index contributed by atoms with van der Waals surface area (Å²) in [6.07, 6.45) is 3.44. The number of thioether (sulfide) groups is 1. The molecular formula is C20H14ClI2NO3S. The molecule has 2 aromatic rings. The van der Waals surface area contributed by atoms with Crippen molar-refractivity contribution in [2.75, 3.05) is 6.61 Å². The third-order valence-corrected chi connectivity index (χ3v) is 6.55. The van der Waals surface area contributed by atoms with Crippen LogP contribution in [-0.2, 0) is 11.3 Å². The summed E-state index contributed by atoms with van der Waals surface area (Å²) in [6, 6.07) is 10.9. The van der Waals surface area contributed by atoms with Gasteiger partial charge in [-0.1, -0.05) is 36.4 Å². The fraction of sp³-hybridized carbons (Fsp3) is 0.100. The van der Waals surface area contributed by atoms with Crippen molar-refractivity contribution in [1.29, 1.82) is 0 Å². The molecule has 28 heavy (non-hydrogen) atoms. The number of halogens is 3. The average Bonchev–Trinajstić information content (AvgIpc) is 2.90. The van der Waals surface area contributed by atoms with Gasteiger partial charge >= 0.3 is 0 Å². The van der Waals surface area contributed by atoms with Crippen LogP contribution in [0.2, 0.25) is 5.02 Å². The molecule has 4 nitrogen and oxygen atoms in total. The van der Waals surface area contributed by atoms with Gasteiger partial charge in [-0.25, -0.2) is 0 Å². The van der Waals surface area contributed by atoms with Crippen LogP contribution in [0, 0.1) is 7.14 Å². The number of rotatable bonds is 6. The number of carbonyl (C=O) groups excluding carboxylic acids is 2. The standard InChI is InChI=1S/C20H14ClI2NO3S/c1-2-7-27-18-15(22)8-13(9-16(18)23)10-17-19(25)24(20(26)28-17)11-12-3-5-14(21)6-4-12/h2-6,8-10H,1,7,11H2/b17-10-. The molecule has 1 aliphatic heterocycles. The highest BCUT2D eigenvalue weighted by molar-refractivity contribution is 14.1. The summed E-state index contributed by atoms with van der Waals surface area (Å²) in [5.74, 6) is 0.496. The van der Waals surface area contributed by atoms with Crippen molar-refractivity contribution >= 4 is 85.8 Å². The van der Waals surface area contributed by atoms with E-state index in [9.17, 15) is 9.59 Å². The summed E-state index contributed by atoms with van der Waals surface area (Å²) in [7, 11) is 0. The SMILES string of the molecule is C=CCOc1c(I)cc(/C=C2\SC(=O)N(Cc3ccc(Cl)cc3)C2=O)cc1I. The molecule has 1 aliphatic rings. The Kier molecular flexibility index (Phi) is 7.46. The van der Waals surface area contributed by atoms with Crippen LogP contribution in [-0.4, -0.2) is 22.7 Å². The first-order chi connectivity index (χ1) is 13.4. The smallest absolute Gasteiger partial charge is 0.293 e. The average molecular weight is 638 g/mol. The van der Waals surface area contributed by atoms with Crippen molar-refractivity contribution in [3.63, 3.8) is 0 Å². The molecule has 1 saturated heterocycles. The second-order valence-corrected chi connectivity index (χ2v) is 9.56. The molecule has 1 heterocycles. The molecular weight excluding hydrogens is 624 g/mol. The zero-order chi connectivity index (χ0) is 20.3. The lowest BCUT2D eigenvalue weighted by Gasteiger charge is -2.12. The zero-order valence-electron chi connectivity index (χ0n) is 14.5. The Morgan fingerprint density at radius 2 is 1.79 bits per heavy atom. The number of hydrogen-bond acceptors (Lipinski definition) is 4. The first kappa shape index (κ1) is 21.7. The van der Waals surface area contributed by atoms with Crippen molar-refractivity contribution in [2.45, 2.75) is 6.54 Å². The minimum absolute atomic E-state index is 0.225. The minimum atomic E-state index is -0.290. The van der Waals surface area contributed by atoms with Crippen molar-refractivity contribution in [3.05, 3.63) is 77.2 Å². The maximum atomic E-state index is 12.7. The van der Waals surface area contributed by atoms with E-state index in [0.29, 0.717) is 16.5 Å². The highest BCUT2D eigenvalue weighted by atomic mass is 127. The Balaban J connectivity index is 1.81. The molecule has 2 amide bonds. The van der Waals surface area contributed by atoms with Gasteiger partial charge in [-0.3, -0.25) is 14.5 Å². The van der Waals surface area contributed by atoms with Crippen LogP contribution in [0.15, 0.2) is 54.0 Å². The van der Waals surface area contributed by atoms with Crippen LogP contribution in [0.1, 0.15) is 11.1 Å². The lowest BCUT2D eigenvalue weighted by atomic mass is 10.2. The third kappa shape index (κ3) is 5.11. The van der Waals surface area contributed by atoms with Crippen molar-refractivity contribution in [1.82, 2.24) is 4.90 Å². The Morgan fingerprint density at radius 3 is 2.39 bits per heavy atom. The van der Waals surface area contributed by atoms with E-state index in [2.05, 4.69) is 51.8 Å². The van der Waals surface area contributed by atoms with Crippen LogP contribution >= 0.6 is 68.5 Å². The molecule has 0 aromatic heterocycles. The van der Waals surface area contributed by atoms with Crippen LogP contribution in [0.25, 0.3) is 6.08 Å². The third-order valence-electron chi connectivity index (χ3n) is 3.79.